The average Bonchev–Trinajstić information content (AvgIpc) is 2.67. The number of carbonyl (C=O) groups excluding carboxylic acids is 1. The number of rotatable bonds is 1. The van der Waals surface area contributed by atoms with Crippen LogP contribution in [0.3, 0.4) is 0 Å². The molecule has 2 N–H and O–H groups in total. The molecule has 0 aliphatic carbocycles. The number of esters is 1. The number of hydrogen-bond acceptors (Lipinski definition) is 7. The molecular weight excluding hydrogens is 220 g/mol. The Morgan fingerprint density at radius 1 is 1.67 bits per heavy atom. The summed E-state index contributed by atoms with van der Waals surface area (Å²) in [6.45, 7) is 0. The zero-order chi connectivity index (χ0) is 11.0. The Kier molecular flexibility index (Phi) is 2.12. The van der Waals surface area contributed by atoms with Gasteiger partial charge in [0.25, 0.3) is 5.56 Å². The van der Waals surface area contributed by atoms with E-state index in [1.165, 1.54) is 7.11 Å². The van der Waals surface area contributed by atoms with Crippen molar-refractivity contribution in [2.75, 3.05) is 12.8 Å². The largest absolute Gasteiger partial charge is 0.466 e. The molecule has 0 spiro atoms. The molecule has 0 fully saturated rings. The van der Waals surface area contributed by atoms with Gasteiger partial charge in [-0.3, -0.25) is 4.79 Å². The maximum absolute atomic E-state index is 11.6. The number of nitrogens with two attached hydrogens (primary N) is 1. The Morgan fingerprint density at radius 2 is 2.40 bits per heavy atom. The van der Waals surface area contributed by atoms with Gasteiger partial charge in [-0.1, -0.05) is 11.3 Å². The molecular formula is C7H6N4O3S. The first-order valence-electron chi connectivity index (χ1n) is 3.86. The number of nitrogen functional groups attached to an aromatic ring is 1. The van der Waals surface area contributed by atoms with Crippen molar-refractivity contribution in [3.63, 3.8) is 0 Å². The first kappa shape index (κ1) is 9.59. The van der Waals surface area contributed by atoms with Gasteiger partial charge < -0.3 is 10.5 Å². The minimum Gasteiger partial charge on any atom is -0.466 e. The van der Waals surface area contributed by atoms with Crippen molar-refractivity contribution in [3.05, 3.63) is 14.9 Å². The molecule has 0 aliphatic heterocycles. The summed E-state index contributed by atoms with van der Waals surface area (Å²) < 4.78 is 5.67. The topological polar surface area (TPSA) is 99.6 Å². The number of ether oxygens (including phenoxy) is 1. The number of thiazole rings is 1. The van der Waals surface area contributed by atoms with E-state index in [-0.39, 0.29) is 10.5 Å². The van der Waals surface area contributed by atoms with Crippen LogP contribution in [-0.4, -0.2) is 27.7 Å². The molecule has 0 saturated carbocycles. The van der Waals surface area contributed by atoms with E-state index in [0.29, 0.717) is 4.96 Å². The lowest BCUT2D eigenvalue weighted by Gasteiger charge is -1.85. The quantitative estimate of drug-likeness (QED) is 0.588. The third-order valence-electron chi connectivity index (χ3n) is 1.65. The highest BCUT2D eigenvalue weighted by atomic mass is 32.1. The fourth-order valence-electron chi connectivity index (χ4n) is 1.01. The van der Waals surface area contributed by atoms with E-state index >= 15 is 0 Å². The smallest absolute Gasteiger partial charge is 0.332 e. The summed E-state index contributed by atoms with van der Waals surface area (Å²) in [6, 6.07) is 0. The van der Waals surface area contributed by atoms with E-state index in [1.54, 1.807) is 0 Å². The Hall–Kier alpha value is -1.96. The van der Waals surface area contributed by atoms with Crippen molar-refractivity contribution in [1.82, 2.24) is 14.6 Å². The predicted molar refractivity (Wildman–Crippen MR) is 53.2 cm³/mol. The van der Waals surface area contributed by atoms with Crippen molar-refractivity contribution < 1.29 is 9.53 Å². The minimum absolute atomic E-state index is 0.0305. The molecule has 2 aromatic rings. The van der Waals surface area contributed by atoms with Gasteiger partial charge in [0, 0.05) is 6.08 Å². The van der Waals surface area contributed by atoms with Crippen LogP contribution in [0.4, 0.5) is 5.95 Å². The molecule has 2 heterocycles. The second-order valence-corrected chi connectivity index (χ2v) is 3.61. The molecule has 0 bridgehead atoms. The molecule has 7 nitrogen and oxygen atoms in total. The fourth-order valence-corrected chi connectivity index (χ4v) is 1.89. The van der Waals surface area contributed by atoms with Crippen LogP contribution in [0.25, 0.3) is 11.0 Å². The average molecular weight is 226 g/mol. The molecule has 0 atom stereocenters. The molecule has 0 aromatic carbocycles. The van der Waals surface area contributed by atoms with Crippen molar-refractivity contribution in [1.29, 1.82) is 0 Å². The summed E-state index contributed by atoms with van der Waals surface area (Å²) >= 11 is 1.03. The summed E-state index contributed by atoms with van der Waals surface area (Å²) in [4.78, 5) is 26.6. The van der Waals surface area contributed by atoms with E-state index in [4.69, 9.17) is 5.73 Å². The monoisotopic (exact) mass is 226 g/mol. The molecule has 0 saturated heterocycles. The van der Waals surface area contributed by atoms with Gasteiger partial charge >= 0.3 is 5.97 Å². The van der Waals surface area contributed by atoms with E-state index in [2.05, 4.69) is 14.8 Å². The van der Waals surface area contributed by atoms with Crippen LogP contribution in [0.5, 0.6) is 0 Å². The number of carbonyl (C=O) groups is 1. The van der Waals surface area contributed by atoms with Crippen molar-refractivity contribution >= 4 is 34.3 Å². The van der Waals surface area contributed by atoms with E-state index < -0.39 is 11.5 Å². The number of nitrogens with zero attached hydrogens (tertiary/aromatic N) is 3. The molecule has 15 heavy (non-hydrogen) atoms. The Labute approximate surface area is 86.8 Å². The van der Waals surface area contributed by atoms with Gasteiger partial charge in [0.1, 0.15) is 4.53 Å². The van der Waals surface area contributed by atoms with Crippen LogP contribution < -0.4 is 15.8 Å². The van der Waals surface area contributed by atoms with Gasteiger partial charge in [0.15, 0.2) is 0 Å². The van der Waals surface area contributed by atoms with Gasteiger partial charge in [-0.15, -0.1) is 5.10 Å². The van der Waals surface area contributed by atoms with Crippen LogP contribution >= 0.6 is 11.3 Å². The van der Waals surface area contributed by atoms with Crippen molar-refractivity contribution in [2.45, 2.75) is 0 Å². The molecule has 78 valence electrons. The maximum atomic E-state index is 11.6. The Bertz CT molecular complexity index is 628. The van der Waals surface area contributed by atoms with Crippen LogP contribution in [0.2, 0.25) is 0 Å². The van der Waals surface area contributed by atoms with E-state index in [9.17, 15) is 9.59 Å². The molecule has 0 radical (unpaired) electrons. The van der Waals surface area contributed by atoms with Gasteiger partial charge in [-0.2, -0.15) is 9.50 Å². The lowest BCUT2D eigenvalue weighted by Crippen LogP contribution is -2.25. The number of methoxy groups -OCH3 is 1. The summed E-state index contributed by atoms with van der Waals surface area (Å²) in [7, 11) is 1.23. The Balaban J connectivity index is 2.69. The molecule has 0 aliphatic rings. The second-order valence-electron chi connectivity index (χ2n) is 2.60. The van der Waals surface area contributed by atoms with Crippen LogP contribution in [0, 0.1) is 0 Å². The maximum Gasteiger partial charge on any atom is 0.332 e. The SMILES string of the molecule is COC(=O)/C=c1\sc2nc(N)nn2c1=O. The van der Waals surface area contributed by atoms with Gasteiger partial charge in [-0.25, -0.2) is 4.79 Å². The Morgan fingerprint density at radius 3 is 3.00 bits per heavy atom. The fraction of sp³-hybridized carbons (Fsp3) is 0.143. The third-order valence-corrected chi connectivity index (χ3v) is 2.61. The van der Waals surface area contributed by atoms with E-state index in [1.807, 2.05) is 0 Å². The van der Waals surface area contributed by atoms with E-state index in [0.717, 1.165) is 21.9 Å². The standard InChI is InChI=1S/C7H6N4O3S/c1-14-4(12)2-3-5(13)11-7(15-3)9-6(8)10-11/h2H,1H3,(H2,8,10)/b3-2-. The molecule has 0 amide bonds. The highest BCUT2D eigenvalue weighted by Gasteiger charge is 2.08. The second kappa shape index (κ2) is 3.31. The highest BCUT2D eigenvalue weighted by Crippen LogP contribution is 2.01. The van der Waals surface area contributed by atoms with Crippen molar-refractivity contribution in [3.8, 4) is 0 Å². The van der Waals surface area contributed by atoms with Gasteiger partial charge in [-0.05, 0) is 0 Å². The molecule has 2 aromatic heterocycles. The first-order valence-corrected chi connectivity index (χ1v) is 4.68. The number of fused-ring (bicyclic) bond motifs is 1. The summed E-state index contributed by atoms with van der Waals surface area (Å²) in [5.74, 6) is -0.562. The highest BCUT2D eigenvalue weighted by molar-refractivity contribution is 7.15. The molecule has 0 unspecified atom stereocenters. The number of aromatic nitrogens is 3. The minimum atomic E-state index is -0.593. The van der Waals surface area contributed by atoms with Crippen LogP contribution in [0.15, 0.2) is 4.79 Å². The summed E-state index contributed by atoms with van der Waals surface area (Å²) in [5.41, 5.74) is 4.88. The normalized spacial score (nSPS) is 12.2. The lowest BCUT2D eigenvalue weighted by atomic mass is 10.6. The van der Waals surface area contributed by atoms with Crippen LogP contribution in [-0.2, 0) is 9.53 Å². The van der Waals surface area contributed by atoms with Gasteiger partial charge in [0.05, 0.1) is 7.11 Å². The zero-order valence-electron chi connectivity index (χ0n) is 7.63. The summed E-state index contributed by atoms with van der Waals surface area (Å²) in [5, 5.41) is 3.68. The molecule has 8 heteroatoms. The third kappa shape index (κ3) is 1.54. The molecule has 2 rings (SSSR count). The number of anilines is 1. The number of hydrogen-bond donors (Lipinski definition) is 1. The summed E-state index contributed by atoms with van der Waals surface area (Å²) in [6.07, 6.45) is 1.10. The van der Waals surface area contributed by atoms with Gasteiger partial charge in [0.2, 0.25) is 10.9 Å². The lowest BCUT2D eigenvalue weighted by molar-refractivity contribution is -0.133. The first-order chi connectivity index (χ1) is 7.11. The van der Waals surface area contributed by atoms with Crippen molar-refractivity contribution in [2.24, 2.45) is 0 Å². The van der Waals surface area contributed by atoms with Crippen LogP contribution in [0.1, 0.15) is 0 Å². The zero-order valence-corrected chi connectivity index (χ0v) is 8.45. The predicted octanol–water partition coefficient (Wildman–Crippen LogP) is -1.59.